The van der Waals surface area contributed by atoms with E-state index in [0.29, 0.717) is 6.20 Å². The summed E-state index contributed by atoms with van der Waals surface area (Å²) < 4.78 is 36.9. The van der Waals surface area contributed by atoms with Gasteiger partial charge in [0.15, 0.2) is 0 Å². The van der Waals surface area contributed by atoms with Crippen LogP contribution in [-0.2, 0) is 6.18 Å². The van der Waals surface area contributed by atoms with Crippen LogP contribution in [0.1, 0.15) is 11.1 Å². The molecule has 1 heterocycles. The average Bonchev–Trinajstić information content (AvgIpc) is 2.15. The summed E-state index contributed by atoms with van der Waals surface area (Å²) in [6.45, 7) is 0. The zero-order valence-electron chi connectivity index (χ0n) is 6.90. The Hall–Kier alpha value is -0.130. The molecule has 1 aromatic rings. The van der Waals surface area contributed by atoms with Crippen molar-refractivity contribution in [3.8, 4) is 11.2 Å². The molecule has 80 valence electrons. The van der Waals surface area contributed by atoms with Crippen LogP contribution < -0.4 is 0 Å². The molecule has 0 bridgehead atoms. The van der Waals surface area contributed by atoms with E-state index in [9.17, 15) is 13.2 Å². The lowest BCUT2D eigenvalue weighted by molar-refractivity contribution is -0.137. The average molecular weight is 364 g/mol. The highest BCUT2D eigenvalue weighted by molar-refractivity contribution is 14.2. The van der Waals surface area contributed by atoms with Gasteiger partial charge in [-0.25, -0.2) is 4.98 Å². The normalized spacial score (nSPS) is 10.7. The first-order chi connectivity index (χ1) is 6.95. The molecule has 0 atom stereocenters. The highest BCUT2D eigenvalue weighted by Gasteiger charge is 2.31. The van der Waals surface area contributed by atoms with E-state index < -0.39 is 11.7 Å². The number of nitrogens with zero attached hydrogens (tertiary/aromatic N) is 1. The van der Waals surface area contributed by atoms with E-state index in [4.69, 9.17) is 11.6 Å². The van der Waals surface area contributed by atoms with Crippen LogP contribution in [0.3, 0.4) is 0 Å². The minimum absolute atomic E-state index is 0.0269. The van der Waals surface area contributed by atoms with Gasteiger partial charge in [-0.1, -0.05) is 17.5 Å². The van der Waals surface area contributed by atoms with Gasteiger partial charge in [0.05, 0.1) is 11.1 Å². The van der Waals surface area contributed by atoms with E-state index in [0.717, 1.165) is 15.0 Å². The molecule has 0 fully saturated rings. The Kier molecular flexibility index (Phi) is 4.55. The summed E-state index contributed by atoms with van der Waals surface area (Å²) in [5, 5.41) is 2.52. The monoisotopic (exact) mass is 363 g/mol. The van der Waals surface area contributed by atoms with Crippen molar-refractivity contribution in [2.45, 2.75) is 6.18 Å². The van der Waals surface area contributed by atoms with Crippen molar-refractivity contribution in [3.63, 3.8) is 0 Å². The summed E-state index contributed by atoms with van der Waals surface area (Å²) in [5.74, 6) is 2.49. The first kappa shape index (κ1) is 12.9. The lowest BCUT2D eigenvalue weighted by atomic mass is 10.2. The molecule has 0 amide bonds. The molecule has 0 radical (unpaired) electrons. The molecule has 0 aliphatic carbocycles. The van der Waals surface area contributed by atoms with Crippen molar-refractivity contribution >= 4 is 41.7 Å². The van der Waals surface area contributed by atoms with E-state index in [2.05, 4.69) is 16.2 Å². The third-order valence-electron chi connectivity index (χ3n) is 1.39. The predicted octanol–water partition coefficient (Wildman–Crippen LogP) is 4.15. The minimum atomic E-state index is -4.43. The van der Waals surface area contributed by atoms with Crippen molar-refractivity contribution < 1.29 is 13.2 Å². The molecule has 1 aromatic heterocycles. The molecular formula is C8H2ClF3INS. The minimum Gasteiger partial charge on any atom is -0.243 e. The van der Waals surface area contributed by atoms with Gasteiger partial charge in [0.1, 0.15) is 5.15 Å². The van der Waals surface area contributed by atoms with Gasteiger partial charge in [0.25, 0.3) is 0 Å². The second-order valence-corrected chi connectivity index (χ2v) is 4.40. The third-order valence-corrected chi connectivity index (χ3v) is 2.53. The van der Waals surface area contributed by atoms with E-state index >= 15 is 0 Å². The number of aromatic nitrogens is 1. The van der Waals surface area contributed by atoms with E-state index in [-0.39, 0.29) is 10.7 Å². The quantitative estimate of drug-likeness (QED) is 0.390. The Morgan fingerprint density at radius 3 is 2.67 bits per heavy atom. The fourth-order valence-corrected chi connectivity index (χ4v) is 1.39. The molecule has 0 aliphatic rings. The SMILES string of the molecule is FC(F)(F)c1cnc(Cl)c(C#CSI)c1. The molecule has 0 unspecified atom stereocenters. The Labute approximate surface area is 105 Å². The van der Waals surface area contributed by atoms with Crippen molar-refractivity contribution in [2.75, 3.05) is 0 Å². The Balaban J connectivity index is 3.17. The van der Waals surface area contributed by atoms with E-state index in [1.807, 2.05) is 21.2 Å². The van der Waals surface area contributed by atoms with Gasteiger partial charge < -0.3 is 0 Å². The van der Waals surface area contributed by atoms with Crippen LogP contribution in [0.2, 0.25) is 5.15 Å². The van der Waals surface area contributed by atoms with Crippen LogP contribution >= 0.6 is 41.7 Å². The summed E-state index contributed by atoms with van der Waals surface area (Å²) in [5.41, 5.74) is -0.773. The van der Waals surface area contributed by atoms with Gasteiger partial charge in [-0.15, -0.1) is 0 Å². The molecule has 0 saturated heterocycles. The highest BCUT2D eigenvalue weighted by atomic mass is 127. The maximum absolute atomic E-state index is 12.3. The lowest BCUT2D eigenvalue weighted by Gasteiger charge is -2.06. The summed E-state index contributed by atoms with van der Waals surface area (Å²) in [4.78, 5) is 3.43. The van der Waals surface area contributed by atoms with Crippen LogP contribution in [-0.4, -0.2) is 4.98 Å². The standard InChI is InChI=1S/C8H2ClF3INS/c9-7-5(1-2-15-13)3-6(4-14-7)8(10,11)12/h3-4H. The summed E-state index contributed by atoms with van der Waals surface area (Å²) in [7, 11) is 1.16. The zero-order valence-corrected chi connectivity index (χ0v) is 10.6. The number of hydrogen-bond acceptors (Lipinski definition) is 2. The summed E-state index contributed by atoms with van der Waals surface area (Å²) in [6.07, 6.45) is -3.74. The Morgan fingerprint density at radius 1 is 1.47 bits per heavy atom. The smallest absolute Gasteiger partial charge is 0.243 e. The van der Waals surface area contributed by atoms with Crippen molar-refractivity contribution in [1.82, 2.24) is 4.98 Å². The molecule has 1 rings (SSSR count). The summed E-state index contributed by atoms with van der Waals surface area (Å²) >= 11 is 7.50. The van der Waals surface area contributed by atoms with E-state index in [1.165, 1.54) is 0 Å². The molecule has 1 nitrogen and oxygen atoms in total. The summed E-state index contributed by atoms with van der Waals surface area (Å²) in [6, 6.07) is 0.884. The predicted molar refractivity (Wildman–Crippen MR) is 62.7 cm³/mol. The molecule has 15 heavy (non-hydrogen) atoms. The molecule has 0 aromatic carbocycles. The fourth-order valence-electron chi connectivity index (χ4n) is 0.765. The molecule has 0 spiro atoms. The largest absolute Gasteiger partial charge is 0.417 e. The number of hydrogen-bond donors (Lipinski definition) is 0. The van der Waals surface area contributed by atoms with Crippen LogP contribution in [0.5, 0.6) is 0 Å². The number of rotatable bonds is 0. The Morgan fingerprint density at radius 2 is 2.13 bits per heavy atom. The Bertz CT molecular complexity index is 424. The van der Waals surface area contributed by atoms with Gasteiger partial charge in [0.2, 0.25) is 0 Å². The molecular weight excluding hydrogens is 362 g/mol. The molecule has 0 saturated carbocycles. The van der Waals surface area contributed by atoms with E-state index in [1.54, 1.807) is 0 Å². The van der Waals surface area contributed by atoms with Crippen molar-refractivity contribution in [1.29, 1.82) is 0 Å². The molecule has 0 N–H and O–H groups in total. The van der Waals surface area contributed by atoms with Gasteiger partial charge in [0, 0.05) is 27.4 Å². The van der Waals surface area contributed by atoms with Crippen LogP contribution in [0.4, 0.5) is 13.2 Å². The van der Waals surface area contributed by atoms with Gasteiger partial charge in [-0.2, -0.15) is 13.2 Å². The third kappa shape index (κ3) is 3.74. The zero-order chi connectivity index (χ0) is 11.5. The first-order valence-electron chi connectivity index (χ1n) is 3.46. The van der Waals surface area contributed by atoms with Gasteiger partial charge in [-0.05, 0) is 20.3 Å². The molecule has 0 aliphatic heterocycles. The number of alkyl halides is 3. The fraction of sp³-hybridized carbons (Fsp3) is 0.125. The van der Waals surface area contributed by atoms with Crippen LogP contribution in [0.15, 0.2) is 12.3 Å². The topological polar surface area (TPSA) is 12.9 Å². The highest BCUT2D eigenvalue weighted by Crippen LogP contribution is 2.30. The lowest BCUT2D eigenvalue weighted by Crippen LogP contribution is -2.06. The van der Waals surface area contributed by atoms with Crippen LogP contribution in [0.25, 0.3) is 0 Å². The number of halogens is 5. The number of pyridine rings is 1. The van der Waals surface area contributed by atoms with Gasteiger partial charge in [-0.3, -0.25) is 0 Å². The van der Waals surface area contributed by atoms with Crippen LogP contribution in [0, 0.1) is 11.2 Å². The second-order valence-electron chi connectivity index (χ2n) is 2.36. The maximum atomic E-state index is 12.3. The van der Waals surface area contributed by atoms with Crippen molar-refractivity contribution in [3.05, 3.63) is 28.5 Å². The first-order valence-corrected chi connectivity index (χ1v) is 7.20. The molecule has 7 heteroatoms. The van der Waals surface area contributed by atoms with Crippen molar-refractivity contribution in [2.24, 2.45) is 0 Å². The maximum Gasteiger partial charge on any atom is 0.417 e. The van der Waals surface area contributed by atoms with Gasteiger partial charge >= 0.3 is 6.18 Å². The second kappa shape index (κ2) is 5.27.